The number of rotatable bonds is 6. The average molecular weight is 238 g/mol. The predicted molar refractivity (Wildman–Crippen MR) is 66.1 cm³/mol. The fraction of sp³-hybridized carbons (Fsp3) is 0.417. The summed E-state index contributed by atoms with van der Waals surface area (Å²) in [4.78, 5) is 11.4. The highest BCUT2D eigenvalue weighted by molar-refractivity contribution is 5.94. The maximum Gasteiger partial charge on any atom is 0.251 e. The molecule has 0 spiro atoms. The highest BCUT2D eigenvalue weighted by atomic mass is 16.7. The van der Waals surface area contributed by atoms with Crippen molar-refractivity contribution in [2.45, 2.75) is 6.29 Å². The molecule has 1 aromatic carbocycles. The molecule has 0 fully saturated rings. The number of anilines is 1. The minimum Gasteiger partial charge on any atom is -0.380 e. The van der Waals surface area contributed by atoms with Gasteiger partial charge in [0.15, 0.2) is 6.29 Å². The van der Waals surface area contributed by atoms with Gasteiger partial charge in [-0.25, -0.2) is 0 Å². The van der Waals surface area contributed by atoms with Gasteiger partial charge in [0, 0.05) is 32.5 Å². The number of ether oxygens (including phenoxy) is 2. The van der Waals surface area contributed by atoms with E-state index in [0.717, 1.165) is 5.69 Å². The third-order valence-corrected chi connectivity index (χ3v) is 2.35. The first-order valence-corrected chi connectivity index (χ1v) is 5.33. The summed E-state index contributed by atoms with van der Waals surface area (Å²) in [6, 6.07) is 7.24. The Morgan fingerprint density at radius 3 is 2.65 bits per heavy atom. The number of hydrogen-bond acceptors (Lipinski definition) is 4. The smallest absolute Gasteiger partial charge is 0.251 e. The van der Waals surface area contributed by atoms with Gasteiger partial charge in [-0.3, -0.25) is 4.79 Å². The van der Waals surface area contributed by atoms with Crippen LogP contribution in [0.2, 0.25) is 0 Å². The summed E-state index contributed by atoms with van der Waals surface area (Å²) >= 11 is 0. The van der Waals surface area contributed by atoms with Crippen molar-refractivity contribution < 1.29 is 14.3 Å². The van der Waals surface area contributed by atoms with E-state index in [2.05, 4.69) is 10.6 Å². The number of carbonyl (C=O) groups excluding carboxylic acids is 1. The van der Waals surface area contributed by atoms with E-state index < -0.39 is 0 Å². The van der Waals surface area contributed by atoms with E-state index in [1.54, 1.807) is 33.4 Å². The molecule has 0 atom stereocenters. The van der Waals surface area contributed by atoms with Crippen molar-refractivity contribution >= 4 is 11.6 Å². The fourth-order valence-electron chi connectivity index (χ4n) is 1.38. The van der Waals surface area contributed by atoms with Crippen LogP contribution in [0.25, 0.3) is 0 Å². The zero-order valence-corrected chi connectivity index (χ0v) is 10.3. The first-order chi connectivity index (χ1) is 8.21. The highest BCUT2D eigenvalue weighted by Crippen LogP contribution is 2.10. The van der Waals surface area contributed by atoms with Crippen LogP contribution in [0.3, 0.4) is 0 Å². The third kappa shape index (κ3) is 4.05. The maximum absolute atomic E-state index is 11.4. The molecule has 0 unspecified atom stereocenters. The Morgan fingerprint density at radius 1 is 1.35 bits per heavy atom. The Morgan fingerprint density at radius 2 is 2.06 bits per heavy atom. The summed E-state index contributed by atoms with van der Waals surface area (Å²) in [5.74, 6) is -0.108. The Labute approximate surface area is 101 Å². The third-order valence-electron chi connectivity index (χ3n) is 2.35. The molecule has 1 aromatic rings. The van der Waals surface area contributed by atoms with Crippen molar-refractivity contribution in [1.29, 1.82) is 0 Å². The Balaban J connectivity index is 2.62. The number of carbonyl (C=O) groups is 1. The minimum absolute atomic E-state index is 0.108. The largest absolute Gasteiger partial charge is 0.380 e. The topological polar surface area (TPSA) is 59.6 Å². The van der Waals surface area contributed by atoms with Gasteiger partial charge in [-0.05, 0) is 18.2 Å². The molecule has 0 aliphatic carbocycles. The summed E-state index contributed by atoms with van der Waals surface area (Å²) < 4.78 is 10.1. The first kappa shape index (κ1) is 13.5. The van der Waals surface area contributed by atoms with Crippen LogP contribution in [0.4, 0.5) is 5.69 Å². The minimum atomic E-state index is -0.307. The van der Waals surface area contributed by atoms with Gasteiger partial charge in [0.1, 0.15) is 0 Å². The molecule has 0 radical (unpaired) electrons. The van der Waals surface area contributed by atoms with Gasteiger partial charge < -0.3 is 20.1 Å². The molecular formula is C12H18N2O3. The molecule has 0 bridgehead atoms. The SMILES string of the molecule is CNC(=O)c1cccc(NCC(OC)OC)c1. The van der Waals surface area contributed by atoms with Gasteiger partial charge in [0.25, 0.3) is 5.91 Å². The number of amides is 1. The molecule has 94 valence electrons. The van der Waals surface area contributed by atoms with E-state index in [1.807, 2.05) is 12.1 Å². The number of methoxy groups -OCH3 is 2. The van der Waals surface area contributed by atoms with Crippen LogP contribution in [0.5, 0.6) is 0 Å². The van der Waals surface area contributed by atoms with Crippen LogP contribution in [0.15, 0.2) is 24.3 Å². The molecule has 0 saturated heterocycles. The van der Waals surface area contributed by atoms with Gasteiger partial charge in [0.2, 0.25) is 0 Å². The van der Waals surface area contributed by atoms with E-state index in [-0.39, 0.29) is 12.2 Å². The van der Waals surface area contributed by atoms with Gasteiger partial charge in [0.05, 0.1) is 6.54 Å². The second-order valence-electron chi connectivity index (χ2n) is 3.44. The summed E-state index contributed by atoms with van der Waals surface area (Å²) in [7, 11) is 4.77. The van der Waals surface area contributed by atoms with Gasteiger partial charge in [-0.15, -0.1) is 0 Å². The molecule has 1 amide bonds. The zero-order valence-electron chi connectivity index (χ0n) is 10.3. The summed E-state index contributed by atoms with van der Waals surface area (Å²) in [6.45, 7) is 0.518. The Hall–Kier alpha value is -1.59. The lowest BCUT2D eigenvalue weighted by Crippen LogP contribution is -2.24. The van der Waals surface area contributed by atoms with Crippen LogP contribution in [-0.4, -0.2) is 40.0 Å². The lowest BCUT2D eigenvalue weighted by molar-refractivity contribution is -0.0914. The second kappa shape index (κ2) is 6.88. The molecule has 5 heteroatoms. The van der Waals surface area contributed by atoms with Gasteiger partial charge in [-0.2, -0.15) is 0 Å². The standard InChI is InChI=1S/C12H18N2O3/c1-13-12(15)9-5-4-6-10(7-9)14-8-11(16-2)17-3/h4-7,11,14H,8H2,1-3H3,(H,13,15). The van der Waals surface area contributed by atoms with E-state index >= 15 is 0 Å². The van der Waals surface area contributed by atoms with Crippen LogP contribution >= 0.6 is 0 Å². The average Bonchev–Trinajstić information content (AvgIpc) is 2.39. The first-order valence-electron chi connectivity index (χ1n) is 5.33. The van der Waals surface area contributed by atoms with E-state index in [0.29, 0.717) is 12.1 Å². The molecule has 0 aromatic heterocycles. The monoisotopic (exact) mass is 238 g/mol. The van der Waals surface area contributed by atoms with Crippen molar-refractivity contribution in [3.63, 3.8) is 0 Å². The molecule has 0 heterocycles. The van der Waals surface area contributed by atoms with Crippen molar-refractivity contribution in [3.05, 3.63) is 29.8 Å². The summed E-state index contributed by atoms with van der Waals surface area (Å²) in [5, 5.41) is 5.72. The van der Waals surface area contributed by atoms with Crippen molar-refractivity contribution in [2.75, 3.05) is 33.1 Å². The van der Waals surface area contributed by atoms with Crippen LogP contribution in [0, 0.1) is 0 Å². The van der Waals surface area contributed by atoms with E-state index in [1.165, 1.54) is 0 Å². The summed E-state index contributed by atoms with van der Waals surface area (Å²) in [6.07, 6.45) is -0.307. The lowest BCUT2D eigenvalue weighted by Gasteiger charge is -2.15. The normalized spacial score (nSPS) is 10.4. The van der Waals surface area contributed by atoms with Crippen molar-refractivity contribution in [3.8, 4) is 0 Å². The maximum atomic E-state index is 11.4. The number of nitrogens with one attached hydrogen (secondary N) is 2. The molecule has 17 heavy (non-hydrogen) atoms. The molecule has 0 saturated carbocycles. The highest BCUT2D eigenvalue weighted by Gasteiger charge is 2.06. The molecule has 1 rings (SSSR count). The van der Waals surface area contributed by atoms with Gasteiger partial charge in [-0.1, -0.05) is 6.07 Å². The summed E-state index contributed by atoms with van der Waals surface area (Å²) in [5.41, 5.74) is 1.47. The molecule has 0 aliphatic rings. The molecular weight excluding hydrogens is 220 g/mol. The van der Waals surface area contributed by atoms with E-state index in [9.17, 15) is 4.79 Å². The quantitative estimate of drug-likeness (QED) is 0.728. The molecule has 2 N–H and O–H groups in total. The van der Waals surface area contributed by atoms with Crippen molar-refractivity contribution in [2.24, 2.45) is 0 Å². The van der Waals surface area contributed by atoms with Crippen LogP contribution < -0.4 is 10.6 Å². The predicted octanol–water partition coefficient (Wildman–Crippen LogP) is 1.08. The van der Waals surface area contributed by atoms with Crippen LogP contribution in [0.1, 0.15) is 10.4 Å². The molecule has 5 nitrogen and oxygen atoms in total. The fourth-order valence-corrected chi connectivity index (χ4v) is 1.38. The van der Waals surface area contributed by atoms with Crippen LogP contribution in [-0.2, 0) is 9.47 Å². The molecule has 0 aliphatic heterocycles. The number of hydrogen-bond donors (Lipinski definition) is 2. The lowest BCUT2D eigenvalue weighted by atomic mass is 10.2. The number of benzene rings is 1. The second-order valence-corrected chi connectivity index (χ2v) is 3.44. The van der Waals surface area contributed by atoms with E-state index in [4.69, 9.17) is 9.47 Å². The van der Waals surface area contributed by atoms with Gasteiger partial charge >= 0.3 is 0 Å². The van der Waals surface area contributed by atoms with Crippen molar-refractivity contribution in [1.82, 2.24) is 5.32 Å². The Bertz CT molecular complexity index is 365. The zero-order chi connectivity index (χ0) is 12.7. The Kier molecular flexibility index (Phi) is 5.45.